The van der Waals surface area contributed by atoms with Crippen molar-refractivity contribution in [3.63, 3.8) is 0 Å². The first-order valence-electron chi connectivity index (χ1n) is 19.9. The Hall–Kier alpha value is -2.23. The molecule has 4 fully saturated rings. The van der Waals surface area contributed by atoms with E-state index < -0.39 is 28.8 Å². The number of hydrogen-bond donors (Lipinski definition) is 2. The molecule has 3 saturated carbocycles. The SMILES string of the molecule is CCOC(=O)c1nccn1[C@@H]1C[C@@]23COCC(C)([C@H]1OC[C@](C)(N)C(C)C)[C@@H]2CC[C@H]1C3=CC[C@@]2(C)[C@H](C(=O)O)[C@@](C)([C@H](C)C(C)C)CC[C@]12C. The Bertz CT molecular complexity index is 1530. The minimum Gasteiger partial charge on any atom is -0.481 e. The highest BCUT2D eigenvalue weighted by atomic mass is 16.5. The predicted molar refractivity (Wildman–Crippen MR) is 198 cm³/mol. The molecule has 1 aliphatic heterocycles. The maximum atomic E-state index is 13.5. The minimum atomic E-state index is -0.645. The number of ether oxygens (including phenoxy) is 3. The number of imidazole rings is 1. The van der Waals surface area contributed by atoms with E-state index >= 15 is 0 Å². The van der Waals surface area contributed by atoms with Crippen molar-refractivity contribution < 1.29 is 28.9 Å². The number of fused-ring (bicyclic) bond motifs is 3. The smallest absolute Gasteiger partial charge is 0.374 e. The monoisotopic (exact) mass is 710 g/mol. The molecule has 5 aliphatic rings. The Balaban J connectivity index is 1.47. The van der Waals surface area contributed by atoms with E-state index in [0.717, 1.165) is 38.5 Å². The number of esters is 1. The van der Waals surface area contributed by atoms with Gasteiger partial charge in [-0.2, -0.15) is 0 Å². The van der Waals surface area contributed by atoms with Gasteiger partial charge in [-0.25, -0.2) is 9.78 Å². The molecule has 3 N–H and O–H groups in total. The molecule has 1 aromatic rings. The highest BCUT2D eigenvalue weighted by Crippen LogP contribution is 2.75. The quantitative estimate of drug-likeness (QED) is 0.185. The maximum absolute atomic E-state index is 13.5. The van der Waals surface area contributed by atoms with E-state index in [0.29, 0.717) is 37.5 Å². The average Bonchev–Trinajstić information content (AvgIpc) is 3.54. The van der Waals surface area contributed by atoms with Crippen LogP contribution in [0.2, 0.25) is 0 Å². The summed E-state index contributed by atoms with van der Waals surface area (Å²) in [7, 11) is 0. The lowest BCUT2D eigenvalue weighted by Crippen LogP contribution is -2.69. The first-order valence-corrected chi connectivity index (χ1v) is 19.9. The first-order chi connectivity index (χ1) is 23.7. The van der Waals surface area contributed by atoms with Gasteiger partial charge in [0.15, 0.2) is 0 Å². The van der Waals surface area contributed by atoms with Crippen LogP contribution in [0.4, 0.5) is 0 Å². The molecule has 0 aromatic carbocycles. The van der Waals surface area contributed by atoms with Gasteiger partial charge in [0.1, 0.15) is 0 Å². The van der Waals surface area contributed by atoms with Crippen molar-refractivity contribution in [1.29, 1.82) is 0 Å². The molecule has 2 heterocycles. The number of carbonyl (C=O) groups is 2. The largest absolute Gasteiger partial charge is 0.481 e. The fourth-order valence-electron chi connectivity index (χ4n) is 12.5. The van der Waals surface area contributed by atoms with Crippen LogP contribution in [0.5, 0.6) is 0 Å². The van der Waals surface area contributed by atoms with Crippen LogP contribution in [0.3, 0.4) is 0 Å². The summed E-state index contributed by atoms with van der Waals surface area (Å²) >= 11 is 0. The van der Waals surface area contributed by atoms with Crippen LogP contribution >= 0.6 is 0 Å². The van der Waals surface area contributed by atoms with Gasteiger partial charge in [0.25, 0.3) is 0 Å². The summed E-state index contributed by atoms with van der Waals surface area (Å²) in [6, 6.07) is -0.200. The molecule has 1 aromatic heterocycles. The number of carboxylic acids is 1. The van der Waals surface area contributed by atoms with Gasteiger partial charge in [-0.15, -0.1) is 0 Å². The molecular formula is C42H67N3O6. The van der Waals surface area contributed by atoms with Gasteiger partial charge in [-0.1, -0.05) is 74.0 Å². The third-order valence-electron chi connectivity index (χ3n) is 16.5. The lowest BCUT2D eigenvalue weighted by molar-refractivity contribution is -0.251. The van der Waals surface area contributed by atoms with Crippen LogP contribution in [0.25, 0.3) is 0 Å². The molecule has 286 valence electrons. The van der Waals surface area contributed by atoms with Crippen LogP contribution in [0, 0.1) is 62.6 Å². The molecule has 0 radical (unpaired) electrons. The van der Waals surface area contributed by atoms with Crippen LogP contribution in [0.15, 0.2) is 24.0 Å². The van der Waals surface area contributed by atoms with Crippen molar-refractivity contribution in [2.75, 3.05) is 26.4 Å². The zero-order valence-corrected chi connectivity index (χ0v) is 33.4. The fourth-order valence-corrected chi connectivity index (χ4v) is 12.5. The Kier molecular flexibility index (Phi) is 9.79. The molecule has 51 heavy (non-hydrogen) atoms. The number of nitrogens with zero attached hydrogens (tertiary/aromatic N) is 2. The van der Waals surface area contributed by atoms with Gasteiger partial charge in [-0.05, 0) is 98.2 Å². The Labute approximate surface area is 306 Å². The van der Waals surface area contributed by atoms with Crippen LogP contribution in [-0.2, 0) is 19.0 Å². The van der Waals surface area contributed by atoms with E-state index in [-0.39, 0.29) is 58.2 Å². The zero-order valence-electron chi connectivity index (χ0n) is 33.4. The lowest BCUT2D eigenvalue weighted by Gasteiger charge is -2.71. The summed E-state index contributed by atoms with van der Waals surface area (Å²) in [6.07, 6.45) is 11.3. The number of aromatic nitrogens is 2. The lowest BCUT2D eigenvalue weighted by atomic mass is 9.34. The van der Waals surface area contributed by atoms with Gasteiger partial charge in [0.2, 0.25) is 5.82 Å². The number of nitrogens with two attached hydrogens (primary N) is 1. The van der Waals surface area contributed by atoms with E-state index in [1.165, 1.54) is 5.57 Å². The summed E-state index contributed by atoms with van der Waals surface area (Å²) in [5.41, 5.74) is 6.24. The van der Waals surface area contributed by atoms with Crippen molar-refractivity contribution in [1.82, 2.24) is 9.55 Å². The molecule has 9 nitrogen and oxygen atoms in total. The second-order valence-corrected chi connectivity index (χ2v) is 19.4. The predicted octanol–water partition coefficient (Wildman–Crippen LogP) is 7.95. The fraction of sp³-hybridized carbons (Fsp3) is 0.833. The van der Waals surface area contributed by atoms with E-state index in [1.54, 1.807) is 6.20 Å². The highest BCUT2D eigenvalue weighted by Gasteiger charge is 2.72. The summed E-state index contributed by atoms with van der Waals surface area (Å²) in [6.45, 7) is 26.0. The Morgan fingerprint density at radius 3 is 2.43 bits per heavy atom. The molecule has 1 unspecified atom stereocenters. The average molecular weight is 710 g/mol. The maximum Gasteiger partial charge on any atom is 0.374 e. The topological polar surface area (TPSA) is 126 Å². The number of allylic oxidation sites excluding steroid dienone is 1. The van der Waals surface area contributed by atoms with Gasteiger partial charge in [0, 0.05) is 28.8 Å². The summed E-state index contributed by atoms with van der Waals surface area (Å²) in [5, 5.41) is 11.1. The molecule has 1 saturated heterocycles. The summed E-state index contributed by atoms with van der Waals surface area (Å²) in [5.74, 6) is 0.241. The highest BCUT2D eigenvalue weighted by molar-refractivity contribution is 5.85. The van der Waals surface area contributed by atoms with Crippen molar-refractivity contribution in [2.24, 2.45) is 68.3 Å². The number of rotatable bonds is 10. The second kappa shape index (κ2) is 13.0. The standard InChI is InChI=1S/C42H67N3O6/c1-12-50-36(48)34-44-19-20-45(34)30-21-42-24-49-22-38(8,33(30)51-23-41(11,43)26(4)5)31(42)14-13-28-29(42)15-16-40(10)32(35(46)47)37(7,27(6)25(2)3)17-18-39(28,40)9/h15,19-20,25-28,30-33H,12-14,16-18,21-24,43H2,1-11H3,(H,46,47)/t27-,28+,30-,31+,32-,33+,37-,38?,39-,40+,41+,42+/m1/s1. The first kappa shape index (κ1) is 38.5. The van der Waals surface area contributed by atoms with Crippen LogP contribution < -0.4 is 5.73 Å². The molecular weight excluding hydrogens is 642 g/mol. The van der Waals surface area contributed by atoms with Crippen LogP contribution in [0.1, 0.15) is 131 Å². The van der Waals surface area contributed by atoms with Crippen molar-refractivity contribution in [3.05, 3.63) is 29.9 Å². The Morgan fingerprint density at radius 1 is 1.10 bits per heavy atom. The van der Waals surface area contributed by atoms with Gasteiger partial charge in [-0.3, -0.25) is 4.79 Å². The third kappa shape index (κ3) is 5.51. The molecule has 4 aliphatic carbocycles. The van der Waals surface area contributed by atoms with Crippen molar-refractivity contribution in [3.8, 4) is 0 Å². The third-order valence-corrected chi connectivity index (χ3v) is 16.5. The minimum absolute atomic E-state index is 0.184. The Morgan fingerprint density at radius 2 is 1.80 bits per heavy atom. The van der Waals surface area contributed by atoms with E-state index in [4.69, 9.17) is 19.9 Å². The second-order valence-electron chi connectivity index (χ2n) is 19.4. The molecule has 0 spiro atoms. The number of carboxylic acid groups (broad SMARTS) is 1. The number of aliphatic carboxylic acids is 1. The van der Waals surface area contributed by atoms with E-state index in [2.05, 4.69) is 80.3 Å². The molecule has 9 heteroatoms. The van der Waals surface area contributed by atoms with Crippen molar-refractivity contribution >= 4 is 11.9 Å². The van der Waals surface area contributed by atoms with Gasteiger partial charge < -0.3 is 29.6 Å². The van der Waals surface area contributed by atoms with Gasteiger partial charge in [0.05, 0.1) is 44.5 Å². The molecule has 0 amide bonds. The summed E-state index contributed by atoms with van der Waals surface area (Å²) < 4.78 is 21.3. The van der Waals surface area contributed by atoms with E-state index in [1.807, 2.05) is 17.7 Å². The molecule has 2 bridgehead atoms. The van der Waals surface area contributed by atoms with E-state index in [9.17, 15) is 14.7 Å². The summed E-state index contributed by atoms with van der Waals surface area (Å²) in [4.78, 5) is 31.4. The number of hydrogen-bond acceptors (Lipinski definition) is 7. The van der Waals surface area contributed by atoms with Crippen molar-refractivity contribution in [2.45, 2.75) is 132 Å². The van der Waals surface area contributed by atoms with Crippen LogP contribution in [-0.4, -0.2) is 64.7 Å². The molecule has 6 rings (SSSR count). The molecule has 12 atom stereocenters. The normalized spacial score (nSPS) is 42.2. The number of carbonyl (C=O) groups excluding carboxylic acids is 1. The van der Waals surface area contributed by atoms with Gasteiger partial charge >= 0.3 is 11.9 Å². The zero-order chi connectivity index (χ0) is 37.5.